The predicted octanol–water partition coefficient (Wildman–Crippen LogP) is 3.89. The minimum atomic E-state index is -0.703. The van der Waals surface area contributed by atoms with Crippen LogP contribution in [0.25, 0.3) is 0 Å². The molecule has 0 N–H and O–H groups in total. The van der Waals surface area contributed by atoms with Gasteiger partial charge in [0, 0.05) is 6.16 Å². The maximum absolute atomic E-state index is 12.1. The second-order valence-electron chi connectivity index (χ2n) is 6.16. The molecule has 3 aromatic rings. The first-order valence-electron chi connectivity index (χ1n) is 8.80. The SMILES string of the molecule is COC(=O)c1cc(CP(c2ccccc2)c2ccccc2)cc(C(=O)OC)c1. The van der Waals surface area contributed by atoms with Crippen LogP contribution >= 0.6 is 7.92 Å². The van der Waals surface area contributed by atoms with Crippen molar-refractivity contribution in [1.29, 1.82) is 0 Å². The molecule has 0 aliphatic carbocycles. The Balaban J connectivity index is 2.05. The van der Waals surface area contributed by atoms with Crippen LogP contribution in [0.3, 0.4) is 0 Å². The van der Waals surface area contributed by atoms with Gasteiger partial charge in [-0.25, -0.2) is 9.59 Å². The van der Waals surface area contributed by atoms with E-state index in [9.17, 15) is 9.59 Å². The highest BCUT2D eigenvalue weighted by molar-refractivity contribution is 7.72. The Labute approximate surface area is 165 Å². The molecule has 3 aromatic carbocycles. The van der Waals surface area contributed by atoms with Gasteiger partial charge in [0.25, 0.3) is 0 Å². The Bertz CT molecular complexity index is 881. The van der Waals surface area contributed by atoms with Gasteiger partial charge in [-0.1, -0.05) is 60.7 Å². The van der Waals surface area contributed by atoms with Gasteiger partial charge in [-0.05, 0) is 42.3 Å². The highest BCUT2D eigenvalue weighted by Crippen LogP contribution is 2.38. The molecular formula is C23H21O4P. The lowest BCUT2D eigenvalue weighted by atomic mass is 10.1. The van der Waals surface area contributed by atoms with Crippen molar-refractivity contribution in [3.05, 3.63) is 95.6 Å². The molecule has 0 saturated carbocycles. The molecule has 0 spiro atoms. The average molecular weight is 392 g/mol. The maximum atomic E-state index is 12.1. The third kappa shape index (κ3) is 4.65. The molecule has 5 heteroatoms. The molecule has 0 fully saturated rings. The van der Waals surface area contributed by atoms with Crippen LogP contribution in [-0.4, -0.2) is 26.2 Å². The summed E-state index contributed by atoms with van der Waals surface area (Å²) in [6.45, 7) is 0. The van der Waals surface area contributed by atoms with Crippen LogP contribution in [0, 0.1) is 0 Å². The zero-order valence-electron chi connectivity index (χ0n) is 15.8. The van der Waals surface area contributed by atoms with Crippen LogP contribution in [-0.2, 0) is 15.6 Å². The van der Waals surface area contributed by atoms with E-state index >= 15 is 0 Å². The van der Waals surface area contributed by atoms with Gasteiger partial charge >= 0.3 is 11.9 Å². The minimum absolute atomic E-state index is 0.344. The van der Waals surface area contributed by atoms with E-state index in [-0.39, 0.29) is 0 Å². The van der Waals surface area contributed by atoms with E-state index in [0.29, 0.717) is 17.3 Å². The Morgan fingerprint density at radius 2 is 1.14 bits per heavy atom. The summed E-state index contributed by atoms with van der Waals surface area (Å²) in [5.41, 5.74) is 1.58. The van der Waals surface area contributed by atoms with Crippen LogP contribution in [0.2, 0.25) is 0 Å². The summed E-state index contributed by atoms with van der Waals surface area (Å²) >= 11 is 0. The molecular weight excluding hydrogens is 371 g/mol. The van der Waals surface area contributed by atoms with Crippen molar-refractivity contribution in [2.45, 2.75) is 6.16 Å². The topological polar surface area (TPSA) is 52.6 Å². The lowest BCUT2D eigenvalue weighted by Crippen LogP contribution is -2.14. The first-order chi connectivity index (χ1) is 13.6. The van der Waals surface area contributed by atoms with Gasteiger partial charge in [0.05, 0.1) is 25.3 Å². The van der Waals surface area contributed by atoms with Gasteiger partial charge in [0.2, 0.25) is 0 Å². The summed E-state index contributed by atoms with van der Waals surface area (Å²) in [6.07, 6.45) is 0.693. The second-order valence-corrected chi connectivity index (χ2v) is 8.36. The van der Waals surface area contributed by atoms with E-state index in [1.807, 2.05) is 36.4 Å². The molecule has 0 unspecified atom stereocenters. The number of rotatable bonds is 6. The summed E-state index contributed by atoms with van der Waals surface area (Å²) in [6, 6.07) is 25.6. The Hall–Kier alpha value is -2.97. The van der Waals surface area contributed by atoms with Crippen LogP contribution in [0.15, 0.2) is 78.9 Å². The van der Waals surface area contributed by atoms with Gasteiger partial charge in [0.1, 0.15) is 0 Å². The maximum Gasteiger partial charge on any atom is 0.337 e. The van der Waals surface area contributed by atoms with Gasteiger partial charge < -0.3 is 9.47 Å². The van der Waals surface area contributed by atoms with Crippen molar-refractivity contribution in [2.75, 3.05) is 14.2 Å². The first-order valence-corrected chi connectivity index (χ1v) is 10.3. The molecule has 0 aromatic heterocycles. The highest BCUT2D eigenvalue weighted by Gasteiger charge is 2.18. The molecule has 0 heterocycles. The fraction of sp³-hybridized carbons (Fsp3) is 0.130. The molecule has 0 saturated heterocycles. The van der Waals surface area contributed by atoms with E-state index in [1.165, 1.54) is 30.9 Å². The molecule has 0 aliphatic heterocycles. The number of benzene rings is 3. The summed E-state index contributed by atoms with van der Waals surface area (Å²) < 4.78 is 9.70. The molecule has 0 aliphatic rings. The summed E-state index contributed by atoms with van der Waals surface area (Å²) in [5, 5.41) is 2.46. The number of hydrogen-bond acceptors (Lipinski definition) is 4. The fourth-order valence-electron chi connectivity index (χ4n) is 2.98. The molecule has 0 bridgehead atoms. The lowest BCUT2D eigenvalue weighted by molar-refractivity contribution is 0.0599. The highest BCUT2D eigenvalue weighted by atomic mass is 31.1. The standard InChI is InChI=1S/C23H21O4P/c1-26-22(24)18-13-17(14-19(15-18)23(25)27-2)16-28(20-9-5-3-6-10-20)21-11-7-4-8-12-21/h3-15H,16H2,1-2H3. The van der Waals surface area contributed by atoms with Crippen molar-refractivity contribution in [2.24, 2.45) is 0 Å². The quantitative estimate of drug-likeness (QED) is 0.472. The van der Waals surface area contributed by atoms with Crippen LogP contribution in [0.4, 0.5) is 0 Å². The molecule has 3 rings (SSSR count). The number of ether oxygens (including phenoxy) is 2. The molecule has 0 radical (unpaired) electrons. The molecule has 0 atom stereocenters. The summed E-state index contributed by atoms with van der Waals surface area (Å²) in [7, 11) is 1.95. The average Bonchev–Trinajstić information content (AvgIpc) is 2.77. The Morgan fingerprint density at radius 3 is 1.54 bits per heavy atom. The van der Waals surface area contributed by atoms with Crippen LogP contribution in [0.5, 0.6) is 0 Å². The first kappa shape index (κ1) is 19.8. The van der Waals surface area contributed by atoms with Crippen LogP contribution < -0.4 is 10.6 Å². The third-order valence-corrected chi connectivity index (χ3v) is 6.84. The smallest absolute Gasteiger partial charge is 0.337 e. The van der Waals surface area contributed by atoms with Crippen molar-refractivity contribution >= 4 is 30.5 Å². The number of esters is 2. The monoisotopic (exact) mass is 392 g/mol. The zero-order valence-corrected chi connectivity index (χ0v) is 16.7. The Morgan fingerprint density at radius 1 is 0.714 bits per heavy atom. The molecule has 28 heavy (non-hydrogen) atoms. The van der Waals surface area contributed by atoms with E-state index in [4.69, 9.17) is 9.47 Å². The number of carbonyl (C=O) groups excluding carboxylic acids is 2. The van der Waals surface area contributed by atoms with Gasteiger partial charge in [0.15, 0.2) is 0 Å². The lowest BCUT2D eigenvalue weighted by Gasteiger charge is -2.19. The fourth-order valence-corrected chi connectivity index (χ4v) is 5.26. The van der Waals surface area contributed by atoms with E-state index < -0.39 is 19.9 Å². The minimum Gasteiger partial charge on any atom is -0.465 e. The number of carbonyl (C=O) groups is 2. The van der Waals surface area contributed by atoms with E-state index in [2.05, 4.69) is 24.3 Å². The molecule has 0 amide bonds. The second kappa shape index (κ2) is 9.29. The van der Waals surface area contributed by atoms with E-state index in [1.54, 1.807) is 12.1 Å². The van der Waals surface area contributed by atoms with Gasteiger partial charge in [-0.3, -0.25) is 0 Å². The predicted molar refractivity (Wildman–Crippen MR) is 112 cm³/mol. The number of hydrogen-bond donors (Lipinski definition) is 0. The zero-order chi connectivity index (χ0) is 19.9. The van der Waals surface area contributed by atoms with Crippen LogP contribution in [0.1, 0.15) is 26.3 Å². The van der Waals surface area contributed by atoms with Gasteiger partial charge in [-0.2, -0.15) is 0 Å². The van der Waals surface area contributed by atoms with E-state index in [0.717, 1.165) is 5.56 Å². The van der Waals surface area contributed by atoms with Gasteiger partial charge in [-0.15, -0.1) is 0 Å². The Kier molecular flexibility index (Phi) is 6.57. The number of methoxy groups -OCH3 is 2. The molecule has 142 valence electrons. The summed E-state index contributed by atoms with van der Waals surface area (Å²) in [4.78, 5) is 24.2. The van der Waals surface area contributed by atoms with Crippen molar-refractivity contribution in [1.82, 2.24) is 0 Å². The normalized spacial score (nSPS) is 10.5. The van der Waals surface area contributed by atoms with Crippen molar-refractivity contribution in [3.63, 3.8) is 0 Å². The molecule has 4 nitrogen and oxygen atoms in total. The third-order valence-electron chi connectivity index (χ3n) is 4.31. The largest absolute Gasteiger partial charge is 0.465 e. The van der Waals surface area contributed by atoms with Crippen molar-refractivity contribution in [3.8, 4) is 0 Å². The summed E-state index contributed by atoms with van der Waals surface area (Å²) in [5.74, 6) is -0.952. The van der Waals surface area contributed by atoms with Crippen molar-refractivity contribution < 1.29 is 19.1 Å².